The maximum Gasteiger partial charge on any atom is 0.262 e. The highest BCUT2D eigenvalue weighted by molar-refractivity contribution is 5.91. The van der Waals surface area contributed by atoms with Crippen LogP contribution in [-0.2, 0) is 11.3 Å². The Kier molecular flexibility index (Phi) is 4.84. The van der Waals surface area contributed by atoms with Crippen molar-refractivity contribution in [3.05, 3.63) is 59.7 Å². The van der Waals surface area contributed by atoms with Gasteiger partial charge in [-0.1, -0.05) is 18.2 Å². The van der Waals surface area contributed by atoms with E-state index < -0.39 is 24.1 Å². The first-order valence-corrected chi connectivity index (χ1v) is 6.26. The minimum Gasteiger partial charge on any atom is -0.481 e. The van der Waals surface area contributed by atoms with Crippen LogP contribution in [0.3, 0.4) is 0 Å². The summed E-state index contributed by atoms with van der Waals surface area (Å²) in [5.74, 6) is -1.79. The van der Waals surface area contributed by atoms with Gasteiger partial charge in [-0.15, -0.1) is 0 Å². The minimum absolute atomic E-state index is 0.0463. The molecule has 2 aromatic carbocycles. The summed E-state index contributed by atoms with van der Waals surface area (Å²) < 4.78 is 32.0. The number of carbonyl (C=O) groups is 1. The molecule has 0 heterocycles. The van der Waals surface area contributed by atoms with Gasteiger partial charge in [0.2, 0.25) is 0 Å². The molecule has 4 nitrogen and oxygen atoms in total. The van der Waals surface area contributed by atoms with Gasteiger partial charge in [0.1, 0.15) is 5.82 Å². The van der Waals surface area contributed by atoms with Crippen molar-refractivity contribution in [2.75, 3.05) is 11.9 Å². The van der Waals surface area contributed by atoms with E-state index in [-0.39, 0.29) is 18.0 Å². The highest BCUT2D eigenvalue weighted by Crippen LogP contribution is 2.18. The molecule has 2 aromatic rings. The Balaban J connectivity index is 1.94. The molecule has 0 aliphatic heterocycles. The Morgan fingerprint density at radius 1 is 1.14 bits per heavy atom. The Morgan fingerprint density at radius 2 is 1.90 bits per heavy atom. The lowest BCUT2D eigenvalue weighted by Crippen LogP contribution is -2.21. The van der Waals surface area contributed by atoms with Gasteiger partial charge in [-0.3, -0.25) is 4.79 Å². The first kappa shape index (κ1) is 14.9. The van der Waals surface area contributed by atoms with Crippen molar-refractivity contribution in [1.29, 1.82) is 0 Å². The molecule has 3 N–H and O–H groups in total. The predicted molar refractivity (Wildman–Crippen MR) is 74.8 cm³/mol. The van der Waals surface area contributed by atoms with Gasteiger partial charge in [0.15, 0.2) is 18.2 Å². The van der Waals surface area contributed by atoms with E-state index in [4.69, 9.17) is 10.5 Å². The SMILES string of the molecule is NCc1ccc(OCC(=O)Nc2ccccc2F)c(F)c1. The smallest absolute Gasteiger partial charge is 0.262 e. The van der Waals surface area contributed by atoms with Crippen LogP contribution < -0.4 is 15.8 Å². The summed E-state index contributed by atoms with van der Waals surface area (Å²) in [6, 6.07) is 9.98. The van der Waals surface area contributed by atoms with Crippen LogP contribution in [-0.4, -0.2) is 12.5 Å². The van der Waals surface area contributed by atoms with Crippen LogP contribution in [0.15, 0.2) is 42.5 Å². The van der Waals surface area contributed by atoms with Gasteiger partial charge in [0.05, 0.1) is 5.69 Å². The highest BCUT2D eigenvalue weighted by atomic mass is 19.1. The van der Waals surface area contributed by atoms with Crippen molar-refractivity contribution in [3.63, 3.8) is 0 Å². The second-order valence-electron chi connectivity index (χ2n) is 4.29. The van der Waals surface area contributed by atoms with Crippen LogP contribution in [0.4, 0.5) is 14.5 Å². The molecule has 0 bridgehead atoms. The topological polar surface area (TPSA) is 64.3 Å². The summed E-state index contributed by atoms with van der Waals surface area (Å²) in [6.45, 7) is -0.210. The number of nitrogens with one attached hydrogen (secondary N) is 1. The molecule has 0 saturated heterocycles. The number of carbonyl (C=O) groups excluding carboxylic acids is 1. The molecule has 0 fully saturated rings. The molecule has 6 heteroatoms. The number of para-hydroxylation sites is 1. The Bertz CT molecular complexity index is 647. The normalized spacial score (nSPS) is 10.2. The van der Waals surface area contributed by atoms with Crippen molar-refractivity contribution >= 4 is 11.6 Å². The average Bonchev–Trinajstić information content (AvgIpc) is 2.48. The second kappa shape index (κ2) is 6.81. The third kappa shape index (κ3) is 4.00. The molecule has 110 valence electrons. The molecule has 0 spiro atoms. The molecule has 0 atom stereocenters. The first-order valence-electron chi connectivity index (χ1n) is 6.26. The molecule has 2 rings (SSSR count). The van der Waals surface area contributed by atoms with E-state index >= 15 is 0 Å². The van der Waals surface area contributed by atoms with E-state index in [0.29, 0.717) is 5.56 Å². The van der Waals surface area contributed by atoms with Crippen molar-refractivity contribution in [1.82, 2.24) is 0 Å². The maximum atomic E-state index is 13.6. The average molecular weight is 292 g/mol. The summed E-state index contributed by atoms with van der Waals surface area (Å²) in [5.41, 5.74) is 6.05. The second-order valence-corrected chi connectivity index (χ2v) is 4.29. The monoisotopic (exact) mass is 292 g/mol. The van der Waals surface area contributed by atoms with Gasteiger partial charge < -0.3 is 15.8 Å². The number of halogens is 2. The fraction of sp³-hybridized carbons (Fsp3) is 0.133. The van der Waals surface area contributed by atoms with Gasteiger partial charge in [-0.05, 0) is 29.8 Å². The third-order valence-electron chi connectivity index (χ3n) is 2.74. The highest BCUT2D eigenvalue weighted by Gasteiger charge is 2.09. The standard InChI is InChI=1S/C15H14F2N2O2/c16-11-3-1-2-4-13(11)19-15(20)9-21-14-6-5-10(8-18)7-12(14)17/h1-7H,8-9,18H2,(H,19,20). The molecule has 0 aliphatic rings. The van der Waals surface area contributed by atoms with Crippen LogP contribution in [0, 0.1) is 11.6 Å². The third-order valence-corrected chi connectivity index (χ3v) is 2.74. The molecule has 0 unspecified atom stereocenters. The van der Waals surface area contributed by atoms with E-state index in [1.54, 1.807) is 12.1 Å². The molecule has 0 aliphatic carbocycles. The summed E-state index contributed by atoms with van der Waals surface area (Å²) in [6.07, 6.45) is 0. The molecular weight excluding hydrogens is 278 g/mol. The lowest BCUT2D eigenvalue weighted by molar-refractivity contribution is -0.118. The Hall–Kier alpha value is -2.47. The zero-order valence-corrected chi connectivity index (χ0v) is 11.1. The molecule has 0 saturated carbocycles. The number of nitrogens with two attached hydrogens (primary N) is 1. The van der Waals surface area contributed by atoms with E-state index in [0.717, 1.165) is 0 Å². The number of rotatable bonds is 5. The predicted octanol–water partition coefficient (Wildman–Crippen LogP) is 2.44. The molecule has 1 amide bonds. The maximum absolute atomic E-state index is 13.6. The number of anilines is 1. The van der Waals surface area contributed by atoms with Crippen molar-refractivity contribution in [2.45, 2.75) is 6.54 Å². The van der Waals surface area contributed by atoms with Crippen molar-refractivity contribution < 1.29 is 18.3 Å². The number of hydrogen-bond acceptors (Lipinski definition) is 3. The number of ether oxygens (including phenoxy) is 1. The number of amides is 1. The number of hydrogen-bond donors (Lipinski definition) is 2. The van der Waals surface area contributed by atoms with Crippen LogP contribution >= 0.6 is 0 Å². The fourth-order valence-corrected chi connectivity index (χ4v) is 1.68. The Labute approximate surface area is 120 Å². The van der Waals surface area contributed by atoms with Crippen LogP contribution in [0.2, 0.25) is 0 Å². The number of benzene rings is 2. The van der Waals surface area contributed by atoms with E-state index in [9.17, 15) is 13.6 Å². The lowest BCUT2D eigenvalue weighted by atomic mass is 10.2. The lowest BCUT2D eigenvalue weighted by Gasteiger charge is -2.09. The van der Waals surface area contributed by atoms with Gasteiger partial charge in [-0.25, -0.2) is 8.78 Å². The van der Waals surface area contributed by atoms with Crippen LogP contribution in [0.25, 0.3) is 0 Å². The van der Waals surface area contributed by atoms with Gasteiger partial charge in [-0.2, -0.15) is 0 Å². The molecule has 0 radical (unpaired) electrons. The van der Waals surface area contributed by atoms with Crippen molar-refractivity contribution in [3.8, 4) is 5.75 Å². The van der Waals surface area contributed by atoms with Gasteiger partial charge in [0, 0.05) is 6.54 Å². The summed E-state index contributed by atoms with van der Waals surface area (Å²) in [7, 11) is 0. The largest absolute Gasteiger partial charge is 0.481 e. The zero-order chi connectivity index (χ0) is 15.2. The van der Waals surface area contributed by atoms with Crippen LogP contribution in [0.1, 0.15) is 5.56 Å². The quantitative estimate of drug-likeness (QED) is 0.889. The van der Waals surface area contributed by atoms with E-state index in [1.807, 2.05) is 0 Å². The van der Waals surface area contributed by atoms with Gasteiger partial charge in [0.25, 0.3) is 5.91 Å². The minimum atomic E-state index is -0.600. The van der Waals surface area contributed by atoms with Crippen molar-refractivity contribution in [2.24, 2.45) is 5.73 Å². The molecule has 21 heavy (non-hydrogen) atoms. The molecular formula is C15H14F2N2O2. The summed E-state index contributed by atoms with van der Waals surface area (Å²) in [5, 5.41) is 2.34. The summed E-state index contributed by atoms with van der Waals surface area (Å²) in [4.78, 5) is 11.6. The zero-order valence-electron chi connectivity index (χ0n) is 11.1. The van der Waals surface area contributed by atoms with E-state index in [2.05, 4.69) is 5.32 Å². The molecule has 0 aromatic heterocycles. The fourth-order valence-electron chi connectivity index (χ4n) is 1.68. The van der Waals surface area contributed by atoms with Crippen LogP contribution in [0.5, 0.6) is 5.75 Å². The summed E-state index contributed by atoms with van der Waals surface area (Å²) >= 11 is 0. The van der Waals surface area contributed by atoms with Gasteiger partial charge >= 0.3 is 0 Å². The Morgan fingerprint density at radius 3 is 2.57 bits per heavy atom. The first-order chi connectivity index (χ1) is 10.1. The van der Waals surface area contributed by atoms with E-state index in [1.165, 1.54) is 30.3 Å².